The predicted molar refractivity (Wildman–Crippen MR) is 85.0 cm³/mol. The molecule has 0 saturated carbocycles. The first-order chi connectivity index (χ1) is 11.3. The maximum absolute atomic E-state index is 12.5. The summed E-state index contributed by atoms with van der Waals surface area (Å²) in [7, 11) is 0. The van der Waals surface area contributed by atoms with E-state index in [9.17, 15) is 9.59 Å². The Labute approximate surface area is 141 Å². The Balaban J connectivity index is 2.40. The van der Waals surface area contributed by atoms with Crippen LogP contribution in [0.5, 0.6) is 0 Å². The molecule has 2 heterocycles. The van der Waals surface area contributed by atoms with Crippen LogP contribution < -0.4 is 0 Å². The van der Waals surface area contributed by atoms with E-state index in [4.69, 9.17) is 14.7 Å². The van der Waals surface area contributed by atoms with Crippen LogP contribution in [0.3, 0.4) is 0 Å². The number of amides is 1. The van der Waals surface area contributed by atoms with Gasteiger partial charge in [-0.1, -0.05) is 6.07 Å². The van der Waals surface area contributed by atoms with Gasteiger partial charge in [0.15, 0.2) is 6.04 Å². The molecule has 2 rings (SSSR count). The maximum atomic E-state index is 12.5. The van der Waals surface area contributed by atoms with Crippen molar-refractivity contribution in [3.8, 4) is 6.07 Å². The molecule has 7 nitrogen and oxygen atoms in total. The summed E-state index contributed by atoms with van der Waals surface area (Å²) < 4.78 is 10.5. The lowest BCUT2D eigenvalue weighted by Gasteiger charge is -2.36. The molecule has 0 N–H and O–H groups in total. The van der Waals surface area contributed by atoms with E-state index in [0.29, 0.717) is 17.7 Å². The zero-order valence-electron chi connectivity index (χ0n) is 14.3. The van der Waals surface area contributed by atoms with Crippen LogP contribution in [0.2, 0.25) is 0 Å². The van der Waals surface area contributed by atoms with Gasteiger partial charge in [-0.25, -0.2) is 14.6 Å². The number of hydrogen-bond donors (Lipinski definition) is 0. The molecule has 0 fully saturated rings. The molecule has 0 radical (unpaired) electrons. The lowest BCUT2D eigenvalue weighted by molar-refractivity contribution is -0.150. The Kier molecular flexibility index (Phi) is 5.07. The molecule has 1 unspecified atom stereocenters. The van der Waals surface area contributed by atoms with E-state index < -0.39 is 23.7 Å². The second-order valence-electron chi connectivity index (χ2n) is 6.42. The molecule has 128 valence electrons. The van der Waals surface area contributed by atoms with Gasteiger partial charge in [0.1, 0.15) is 17.4 Å². The molecule has 1 aromatic heterocycles. The second kappa shape index (κ2) is 6.87. The molecule has 7 heteroatoms. The number of aromatic nitrogens is 1. The molecule has 0 aromatic carbocycles. The summed E-state index contributed by atoms with van der Waals surface area (Å²) in [5, 5.41) is 8.98. The number of carbonyl (C=O) groups excluding carboxylic acids is 2. The molecule has 1 atom stereocenters. The highest BCUT2D eigenvalue weighted by Gasteiger charge is 2.39. The van der Waals surface area contributed by atoms with Crippen molar-refractivity contribution in [1.29, 1.82) is 5.26 Å². The highest BCUT2D eigenvalue weighted by Crippen LogP contribution is 2.31. The third kappa shape index (κ3) is 3.82. The van der Waals surface area contributed by atoms with E-state index in [1.165, 1.54) is 11.0 Å². The Morgan fingerprint density at radius 2 is 2.12 bits per heavy atom. The van der Waals surface area contributed by atoms with Crippen LogP contribution in [0.15, 0.2) is 12.1 Å². The number of fused-ring (bicyclic) bond motifs is 1. The summed E-state index contributed by atoms with van der Waals surface area (Å²) in [5.41, 5.74) is 0.818. The van der Waals surface area contributed by atoms with Crippen LogP contribution in [0.25, 0.3) is 0 Å². The zero-order chi connectivity index (χ0) is 17.9. The van der Waals surface area contributed by atoms with E-state index >= 15 is 0 Å². The van der Waals surface area contributed by atoms with Gasteiger partial charge in [0.05, 0.1) is 6.61 Å². The number of rotatable bonds is 2. The van der Waals surface area contributed by atoms with Gasteiger partial charge in [0, 0.05) is 24.2 Å². The van der Waals surface area contributed by atoms with Gasteiger partial charge in [0.25, 0.3) is 0 Å². The molecule has 0 spiro atoms. The SMILES string of the molecule is CCOC(=O)C1c2ccc(C#N)nc2CCN1C(=O)OC(C)(C)C. The molecule has 1 aromatic rings. The second-order valence-corrected chi connectivity index (χ2v) is 6.42. The lowest BCUT2D eigenvalue weighted by Crippen LogP contribution is -2.46. The number of esters is 1. The van der Waals surface area contributed by atoms with Gasteiger partial charge in [0.2, 0.25) is 0 Å². The Hall–Kier alpha value is -2.62. The van der Waals surface area contributed by atoms with Gasteiger partial charge in [-0.3, -0.25) is 4.90 Å². The summed E-state index contributed by atoms with van der Waals surface area (Å²) in [6.07, 6.45) is -0.129. The number of hydrogen-bond acceptors (Lipinski definition) is 6. The fraction of sp³-hybridized carbons (Fsp3) is 0.529. The molecule has 1 aliphatic rings. The molecular formula is C17H21N3O4. The van der Waals surface area contributed by atoms with Crippen LogP contribution in [-0.4, -0.2) is 40.7 Å². The number of pyridine rings is 1. The normalized spacial score (nSPS) is 16.8. The topological polar surface area (TPSA) is 92.5 Å². The molecule has 1 aliphatic heterocycles. The highest BCUT2D eigenvalue weighted by molar-refractivity contribution is 5.84. The Morgan fingerprint density at radius 3 is 2.71 bits per heavy atom. The number of carbonyl (C=O) groups is 2. The first-order valence-corrected chi connectivity index (χ1v) is 7.83. The largest absolute Gasteiger partial charge is 0.464 e. The molecule has 0 saturated heterocycles. The van der Waals surface area contributed by atoms with Gasteiger partial charge in [-0.15, -0.1) is 0 Å². The van der Waals surface area contributed by atoms with E-state index in [2.05, 4.69) is 4.98 Å². The number of nitriles is 1. The quantitative estimate of drug-likeness (QED) is 0.772. The summed E-state index contributed by atoms with van der Waals surface area (Å²) in [6, 6.07) is 4.25. The Bertz CT molecular complexity index is 688. The van der Waals surface area contributed by atoms with E-state index in [1.54, 1.807) is 33.8 Å². The summed E-state index contributed by atoms with van der Waals surface area (Å²) in [4.78, 5) is 30.5. The van der Waals surface area contributed by atoms with E-state index in [1.807, 2.05) is 6.07 Å². The van der Waals surface area contributed by atoms with Crippen molar-refractivity contribution in [3.05, 3.63) is 29.1 Å². The van der Waals surface area contributed by atoms with Crippen molar-refractivity contribution in [2.75, 3.05) is 13.2 Å². The van der Waals surface area contributed by atoms with Crippen molar-refractivity contribution < 1.29 is 19.1 Å². The van der Waals surface area contributed by atoms with E-state index in [-0.39, 0.29) is 18.8 Å². The minimum Gasteiger partial charge on any atom is -0.464 e. The minimum absolute atomic E-state index is 0.205. The fourth-order valence-corrected chi connectivity index (χ4v) is 2.54. The molecular weight excluding hydrogens is 310 g/mol. The summed E-state index contributed by atoms with van der Waals surface area (Å²) >= 11 is 0. The molecule has 1 amide bonds. The average Bonchev–Trinajstić information content (AvgIpc) is 2.51. The number of ether oxygens (including phenoxy) is 2. The predicted octanol–water partition coefficient (Wildman–Crippen LogP) is 2.35. The van der Waals surface area contributed by atoms with Gasteiger partial charge >= 0.3 is 12.1 Å². The lowest BCUT2D eigenvalue weighted by atomic mass is 9.96. The first kappa shape index (κ1) is 17.7. The third-order valence-electron chi connectivity index (χ3n) is 3.46. The molecule has 0 bridgehead atoms. The van der Waals surface area contributed by atoms with Crippen molar-refractivity contribution in [3.63, 3.8) is 0 Å². The van der Waals surface area contributed by atoms with Crippen LogP contribution in [-0.2, 0) is 20.7 Å². The number of nitrogens with zero attached hydrogens (tertiary/aromatic N) is 3. The van der Waals surface area contributed by atoms with Gasteiger partial charge in [-0.2, -0.15) is 5.26 Å². The smallest absolute Gasteiger partial charge is 0.411 e. The zero-order valence-corrected chi connectivity index (χ0v) is 14.3. The third-order valence-corrected chi connectivity index (χ3v) is 3.46. The van der Waals surface area contributed by atoms with Crippen molar-refractivity contribution in [2.24, 2.45) is 0 Å². The first-order valence-electron chi connectivity index (χ1n) is 7.83. The minimum atomic E-state index is -0.913. The summed E-state index contributed by atoms with van der Waals surface area (Å²) in [6.45, 7) is 7.48. The van der Waals surface area contributed by atoms with Crippen LogP contribution in [0, 0.1) is 11.3 Å². The monoisotopic (exact) mass is 331 g/mol. The highest BCUT2D eigenvalue weighted by atomic mass is 16.6. The van der Waals surface area contributed by atoms with Crippen molar-refractivity contribution in [1.82, 2.24) is 9.88 Å². The molecule has 0 aliphatic carbocycles. The van der Waals surface area contributed by atoms with Crippen LogP contribution >= 0.6 is 0 Å². The summed E-state index contributed by atoms with van der Waals surface area (Å²) in [5.74, 6) is -0.532. The standard InChI is InChI=1S/C17H21N3O4/c1-5-23-15(21)14-12-7-6-11(10-18)19-13(12)8-9-20(14)16(22)24-17(2,3)4/h6-7,14H,5,8-9H2,1-4H3. The molecule has 24 heavy (non-hydrogen) atoms. The van der Waals surface area contributed by atoms with Crippen LogP contribution in [0.4, 0.5) is 4.79 Å². The van der Waals surface area contributed by atoms with Crippen LogP contribution in [0.1, 0.15) is 50.7 Å². The fourth-order valence-electron chi connectivity index (χ4n) is 2.54. The van der Waals surface area contributed by atoms with Gasteiger partial charge < -0.3 is 9.47 Å². The Morgan fingerprint density at radius 1 is 1.42 bits per heavy atom. The maximum Gasteiger partial charge on any atom is 0.411 e. The van der Waals surface area contributed by atoms with Crippen molar-refractivity contribution >= 4 is 12.1 Å². The average molecular weight is 331 g/mol. The van der Waals surface area contributed by atoms with E-state index in [0.717, 1.165) is 0 Å². The van der Waals surface area contributed by atoms with Crippen molar-refractivity contribution in [2.45, 2.75) is 45.8 Å². The van der Waals surface area contributed by atoms with Gasteiger partial charge in [-0.05, 0) is 33.8 Å².